The van der Waals surface area contributed by atoms with Gasteiger partial charge in [-0.25, -0.2) is 0 Å². The van der Waals surface area contributed by atoms with Crippen molar-refractivity contribution in [2.24, 2.45) is 0 Å². The van der Waals surface area contributed by atoms with Crippen molar-refractivity contribution >= 4 is 14.3 Å². The molecule has 0 spiro atoms. The molecule has 1 aromatic carbocycles. The maximum Gasteiger partial charge on any atom is 0.308 e. The topological polar surface area (TPSA) is 44.8 Å². The van der Waals surface area contributed by atoms with Gasteiger partial charge in [-0.15, -0.1) is 0 Å². The molecule has 1 aliphatic rings. The Hall–Kier alpha value is -1.17. The molecule has 2 atom stereocenters. The van der Waals surface area contributed by atoms with Crippen LogP contribution in [0.15, 0.2) is 30.3 Å². The fraction of sp³-hybridized carbons (Fsp3) is 0.667. The van der Waals surface area contributed by atoms with E-state index in [0.29, 0.717) is 36.3 Å². The van der Waals surface area contributed by atoms with Crippen molar-refractivity contribution < 1.29 is 18.7 Å². The molecule has 0 unspecified atom stereocenters. The molecule has 146 valence electrons. The zero-order valence-electron chi connectivity index (χ0n) is 17.0. The summed E-state index contributed by atoms with van der Waals surface area (Å²) in [5.74, 6) is -0.178. The third-order valence-corrected chi connectivity index (χ3v) is 11.6. The van der Waals surface area contributed by atoms with Gasteiger partial charge in [0.25, 0.3) is 0 Å². The van der Waals surface area contributed by atoms with E-state index < -0.39 is 8.32 Å². The zero-order valence-corrected chi connectivity index (χ0v) is 18.0. The van der Waals surface area contributed by atoms with Crippen molar-refractivity contribution in [3.05, 3.63) is 35.9 Å². The number of carbonyl (C=O) groups is 1. The van der Waals surface area contributed by atoms with Crippen molar-refractivity contribution in [2.45, 2.75) is 83.4 Å². The molecule has 1 aliphatic heterocycles. The van der Waals surface area contributed by atoms with Gasteiger partial charge in [-0.05, 0) is 22.2 Å². The molecule has 0 saturated carbocycles. The Labute approximate surface area is 159 Å². The summed E-state index contributed by atoms with van der Waals surface area (Å²) in [5.41, 5.74) is 2.54. The van der Waals surface area contributed by atoms with Gasteiger partial charge < -0.3 is 13.9 Å². The first-order chi connectivity index (χ1) is 12.3. The molecule has 4 nitrogen and oxygen atoms in total. The summed E-state index contributed by atoms with van der Waals surface area (Å²) in [6.07, 6.45) is -0.174. The highest BCUT2D eigenvalue weighted by Crippen LogP contribution is 2.44. The summed E-state index contributed by atoms with van der Waals surface area (Å²) >= 11 is 0. The fourth-order valence-electron chi connectivity index (χ4n) is 4.39. The predicted molar refractivity (Wildman–Crippen MR) is 107 cm³/mol. The number of rotatable bonds is 9. The van der Waals surface area contributed by atoms with Crippen LogP contribution in [0.1, 0.15) is 53.5 Å². The second-order valence-corrected chi connectivity index (χ2v) is 13.6. The average molecular weight is 379 g/mol. The van der Waals surface area contributed by atoms with Crippen LogP contribution in [0.4, 0.5) is 0 Å². The first-order valence-electron chi connectivity index (χ1n) is 9.76. The predicted octanol–water partition coefficient (Wildman–Crippen LogP) is 5.08. The Morgan fingerprint density at radius 2 is 1.62 bits per heavy atom. The van der Waals surface area contributed by atoms with Gasteiger partial charge in [0.1, 0.15) is 0 Å². The second kappa shape index (κ2) is 9.15. The van der Waals surface area contributed by atoms with Crippen LogP contribution in [-0.2, 0) is 25.3 Å². The minimum atomic E-state index is -2.05. The van der Waals surface area contributed by atoms with Crippen molar-refractivity contribution in [2.75, 3.05) is 6.61 Å². The van der Waals surface area contributed by atoms with Gasteiger partial charge in [-0.2, -0.15) is 0 Å². The van der Waals surface area contributed by atoms with E-state index in [1.54, 1.807) is 0 Å². The Kier molecular flexibility index (Phi) is 7.44. The molecule has 0 radical (unpaired) electrons. The number of carbonyl (C=O) groups excluding carboxylic acids is 1. The molecule has 0 aliphatic carbocycles. The zero-order chi connectivity index (χ0) is 19.3. The van der Waals surface area contributed by atoms with Crippen LogP contribution in [0.5, 0.6) is 0 Å². The maximum atomic E-state index is 12.0. The molecular weight excluding hydrogens is 344 g/mol. The molecule has 5 heteroatoms. The minimum absolute atomic E-state index is 0.178. The van der Waals surface area contributed by atoms with Gasteiger partial charge in [-0.1, -0.05) is 71.9 Å². The largest absolute Gasteiger partial charge is 0.457 e. The number of hydrogen-bond donors (Lipinski definition) is 0. The third-order valence-electron chi connectivity index (χ3n) is 5.52. The van der Waals surface area contributed by atoms with Crippen molar-refractivity contribution in [1.29, 1.82) is 0 Å². The van der Waals surface area contributed by atoms with Gasteiger partial charge in [0, 0.05) is 0 Å². The summed E-state index contributed by atoms with van der Waals surface area (Å²) in [5, 5.41) is 0. The summed E-state index contributed by atoms with van der Waals surface area (Å²) in [6, 6.07) is 10.0. The van der Waals surface area contributed by atoms with E-state index >= 15 is 0 Å². The van der Waals surface area contributed by atoms with Gasteiger partial charge in [0.05, 0.1) is 25.7 Å². The van der Waals surface area contributed by atoms with Gasteiger partial charge in [0.15, 0.2) is 6.10 Å². The third kappa shape index (κ3) is 4.75. The van der Waals surface area contributed by atoms with E-state index in [1.165, 1.54) is 0 Å². The number of hydrogen-bond acceptors (Lipinski definition) is 4. The van der Waals surface area contributed by atoms with Crippen molar-refractivity contribution in [3.63, 3.8) is 0 Å². The first-order valence-corrected chi connectivity index (χ1v) is 11.9. The highest BCUT2D eigenvalue weighted by atomic mass is 28.4. The lowest BCUT2D eigenvalue weighted by molar-refractivity contribution is -0.144. The Morgan fingerprint density at radius 1 is 1.04 bits per heavy atom. The normalized spacial score (nSPS) is 21.0. The van der Waals surface area contributed by atoms with Crippen LogP contribution in [-0.4, -0.2) is 33.1 Å². The van der Waals surface area contributed by atoms with Crippen LogP contribution in [0.2, 0.25) is 16.6 Å². The van der Waals surface area contributed by atoms with Crippen LogP contribution in [0.25, 0.3) is 0 Å². The molecule has 1 fully saturated rings. The minimum Gasteiger partial charge on any atom is -0.457 e. The summed E-state index contributed by atoms with van der Waals surface area (Å²) < 4.78 is 18.1. The molecule has 1 heterocycles. The van der Waals surface area contributed by atoms with E-state index in [0.717, 1.165) is 5.56 Å². The standard InChI is InChI=1S/C21H34O4Si/c1-15(2)26(16(3)4,17(5)6)25-19-12-21(22)24-20(19)14-23-13-18-10-8-7-9-11-18/h7-11,15-17,19-20H,12-14H2,1-6H3/t19-,20+/m0/s1. The van der Waals surface area contributed by atoms with Crippen LogP contribution >= 0.6 is 0 Å². The molecule has 0 amide bonds. The Morgan fingerprint density at radius 3 is 2.15 bits per heavy atom. The molecular formula is C21H34O4Si. The number of benzene rings is 1. The summed E-state index contributed by atoms with van der Waals surface area (Å²) in [7, 11) is -2.05. The Bertz CT molecular complexity index is 549. The lowest BCUT2D eigenvalue weighted by Crippen LogP contribution is -2.52. The molecule has 26 heavy (non-hydrogen) atoms. The van der Waals surface area contributed by atoms with Gasteiger partial charge in [-0.3, -0.25) is 4.79 Å². The quantitative estimate of drug-likeness (QED) is 0.444. The van der Waals surface area contributed by atoms with E-state index in [-0.39, 0.29) is 18.2 Å². The lowest BCUT2D eigenvalue weighted by atomic mass is 10.2. The number of ether oxygens (including phenoxy) is 2. The average Bonchev–Trinajstić information content (AvgIpc) is 2.92. The second-order valence-electron chi connectivity index (χ2n) is 8.21. The Balaban J connectivity index is 2.04. The van der Waals surface area contributed by atoms with E-state index in [4.69, 9.17) is 13.9 Å². The van der Waals surface area contributed by atoms with Crippen LogP contribution in [0.3, 0.4) is 0 Å². The summed E-state index contributed by atoms with van der Waals surface area (Å²) in [4.78, 5) is 12.0. The van der Waals surface area contributed by atoms with Crippen LogP contribution in [0, 0.1) is 0 Å². The number of cyclic esters (lactones) is 1. The van der Waals surface area contributed by atoms with Crippen molar-refractivity contribution in [3.8, 4) is 0 Å². The highest BCUT2D eigenvalue weighted by molar-refractivity contribution is 6.77. The highest BCUT2D eigenvalue weighted by Gasteiger charge is 2.50. The van der Waals surface area contributed by atoms with E-state index in [1.807, 2.05) is 30.3 Å². The van der Waals surface area contributed by atoms with Crippen molar-refractivity contribution in [1.82, 2.24) is 0 Å². The SMILES string of the molecule is CC(C)[Si](O[C@H]1CC(=O)O[C@@H]1COCc1ccccc1)(C(C)C)C(C)C. The molecule has 2 rings (SSSR count). The monoisotopic (exact) mass is 378 g/mol. The fourth-order valence-corrected chi connectivity index (χ4v) is 9.96. The maximum absolute atomic E-state index is 12.0. The van der Waals surface area contributed by atoms with Gasteiger partial charge in [0.2, 0.25) is 8.32 Å². The summed E-state index contributed by atoms with van der Waals surface area (Å²) in [6.45, 7) is 14.4. The van der Waals surface area contributed by atoms with Crippen LogP contribution < -0.4 is 0 Å². The molecule has 1 saturated heterocycles. The lowest BCUT2D eigenvalue weighted by Gasteiger charge is -2.44. The molecule has 0 bridgehead atoms. The number of esters is 1. The first kappa shape index (κ1) is 21.1. The van der Waals surface area contributed by atoms with E-state index in [2.05, 4.69) is 41.5 Å². The van der Waals surface area contributed by atoms with Gasteiger partial charge >= 0.3 is 5.97 Å². The smallest absolute Gasteiger partial charge is 0.308 e. The van der Waals surface area contributed by atoms with E-state index in [9.17, 15) is 4.79 Å². The molecule has 0 N–H and O–H groups in total. The molecule has 1 aromatic rings. The molecule has 0 aromatic heterocycles.